The molecule has 2 aromatic carbocycles. The Balaban J connectivity index is 1.80. The summed E-state index contributed by atoms with van der Waals surface area (Å²) in [6.07, 6.45) is -4.16. The Morgan fingerprint density at radius 1 is 1.11 bits per heavy atom. The van der Waals surface area contributed by atoms with Gasteiger partial charge in [0.2, 0.25) is 0 Å². The summed E-state index contributed by atoms with van der Waals surface area (Å²) in [5.41, 5.74) is 2.29. The summed E-state index contributed by atoms with van der Waals surface area (Å²) in [6, 6.07) is 13.3. The van der Waals surface area contributed by atoms with E-state index in [0.717, 1.165) is 4.90 Å². The third-order valence-electron chi connectivity index (χ3n) is 4.47. The van der Waals surface area contributed by atoms with Crippen LogP contribution in [0.3, 0.4) is 0 Å². The first-order chi connectivity index (χ1) is 13.3. The molecule has 0 spiro atoms. The maximum Gasteiger partial charge on any atom is 0.406 e. The van der Waals surface area contributed by atoms with E-state index in [1.165, 1.54) is 12.3 Å². The summed E-state index contributed by atoms with van der Waals surface area (Å²) in [4.78, 5) is 13.6. The molecular formula is C19H14ClF3N4O. The van der Waals surface area contributed by atoms with Gasteiger partial charge in [-0.15, -0.1) is 0 Å². The molecule has 9 heteroatoms. The third kappa shape index (κ3) is 3.43. The first kappa shape index (κ1) is 18.4. The molecular weight excluding hydrogens is 393 g/mol. The van der Waals surface area contributed by atoms with Crippen LogP contribution in [0.1, 0.15) is 22.1 Å². The Bertz CT molecular complexity index is 1020. The predicted molar refractivity (Wildman–Crippen MR) is 98.9 cm³/mol. The summed E-state index contributed by atoms with van der Waals surface area (Å²) >= 11 is 5.92. The van der Waals surface area contributed by atoms with E-state index in [0.29, 0.717) is 27.5 Å². The lowest BCUT2D eigenvalue weighted by Crippen LogP contribution is -2.47. The summed E-state index contributed by atoms with van der Waals surface area (Å²) in [7, 11) is 0. The van der Waals surface area contributed by atoms with E-state index in [9.17, 15) is 18.0 Å². The second-order valence-electron chi connectivity index (χ2n) is 6.35. The van der Waals surface area contributed by atoms with Crippen LogP contribution in [-0.2, 0) is 0 Å². The van der Waals surface area contributed by atoms with Crippen LogP contribution >= 0.6 is 11.6 Å². The molecule has 1 aliphatic rings. The van der Waals surface area contributed by atoms with Crippen LogP contribution in [0.2, 0.25) is 5.02 Å². The van der Waals surface area contributed by atoms with Gasteiger partial charge in [0.1, 0.15) is 12.7 Å². The number of aromatic amines is 1. The SMILES string of the molecule is O=C1c2ccccc2N[C@@H](c2cn[nH]c2-c2ccc(Cl)cc2)N1CC(F)(F)F. The van der Waals surface area contributed by atoms with Crippen molar-refractivity contribution in [3.63, 3.8) is 0 Å². The number of aromatic nitrogens is 2. The van der Waals surface area contributed by atoms with Crippen molar-refractivity contribution in [1.82, 2.24) is 15.1 Å². The molecule has 1 aromatic heterocycles. The van der Waals surface area contributed by atoms with E-state index in [-0.39, 0.29) is 5.56 Å². The Morgan fingerprint density at radius 2 is 1.82 bits per heavy atom. The molecule has 0 bridgehead atoms. The van der Waals surface area contributed by atoms with Crippen LogP contribution in [0.5, 0.6) is 0 Å². The molecule has 0 aliphatic carbocycles. The van der Waals surface area contributed by atoms with Crippen molar-refractivity contribution in [2.24, 2.45) is 0 Å². The zero-order valence-electron chi connectivity index (χ0n) is 14.3. The monoisotopic (exact) mass is 406 g/mol. The van der Waals surface area contributed by atoms with Gasteiger partial charge in [0.05, 0.1) is 17.5 Å². The van der Waals surface area contributed by atoms with Gasteiger partial charge in [0.15, 0.2) is 0 Å². The second-order valence-corrected chi connectivity index (χ2v) is 6.78. The van der Waals surface area contributed by atoms with Crippen molar-refractivity contribution in [2.45, 2.75) is 12.3 Å². The second kappa shape index (κ2) is 6.87. The van der Waals surface area contributed by atoms with Crippen LogP contribution < -0.4 is 5.32 Å². The van der Waals surface area contributed by atoms with Crippen LogP contribution in [0.4, 0.5) is 18.9 Å². The fraction of sp³-hybridized carbons (Fsp3) is 0.158. The number of halogens is 4. The van der Waals surface area contributed by atoms with Crippen molar-refractivity contribution in [2.75, 3.05) is 11.9 Å². The Kier molecular flexibility index (Phi) is 4.50. The number of fused-ring (bicyclic) bond motifs is 1. The van der Waals surface area contributed by atoms with Gasteiger partial charge in [-0.05, 0) is 24.3 Å². The van der Waals surface area contributed by atoms with Gasteiger partial charge in [-0.2, -0.15) is 18.3 Å². The largest absolute Gasteiger partial charge is 0.406 e. The van der Waals surface area contributed by atoms with Crippen LogP contribution in [-0.4, -0.2) is 33.7 Å². The number of amides is 1. The molecule has 0 saturated heterocycles. The molecule has 0 radical (unpaired) electrons. The number of nitrogens with zero attached hydrogens (tertiary/aromatic N) is 2. The van der Waals surface area contributed by atoms with Gasteiger partial charge in [0.25, 0.3) is 5.91 Å². The topological polar surface area (TPSA) is 61.0 Å². The highest BCUT2D eigenvalue weighted by Gasteiger charge is 2.41. The van der Waals surface area contributed by atoms with Crippen molar-refractivity contribution < 1.29 is 18.0 Å². The maximum atomic E-state index is 13.2. The number of alkyl halides is 3. The van der Waals surface area contributed by atoms with E-state index >= 15 is 0 Å². The molecule has 2 heterocycles. The highest BCUT2D eigenvalue weighted by atomic mass is 35.5. The van der Waals surface area contributed by atoms with E-state index in [2.05, 4.69) is 15.5 Å². The zero-order chi connectivity index (χ0) is 19.9. The standard InChI is InChI=1S/C19H14ClF3N4O/c20-12-7-5-11(6-8-12)16-14(9-24-26-16)17-25-15-4-2-1-3-13(15)18(28)27(17)10-19(21,22)23/h1-9,17,25H,10H2,(H,24,26)/t17-/m1/s1. The third-order valence-corrected chi connectivity index (χ3v) is 4.72. The Labute approximate surface area is 163 Å². The predicted octanol–water partition coefficient (Wildman–Crippen LogP) is 4.86. The number of carbonyl (C=O) groups is 1. The first-order valence-electron chi connectivity index (χ1n) is 8.36. The number of para-hydroxylation sites is 1. The van der Waals surface area contributed by atoms with Crippen molar-refractivity contribution in [3.8, 4) is 11.3 Å². The molecule has 1 amide bonds. The van der Waals surface area contributed by atoms with Gasteiger partial charge < -0.3 is 10.2 Å². The van der Waals surface area contributed by atoms with Crippen molar-refractivity contribution in [1.29, 1.82) is 0 Å². The molecule has 1 atom stereocenters. The summed E-state index contributed by atoms with van der Waals surface area (Å²) < 4.78 is 39.6. The molecule has 3 aromatic rings. The number of hydrogen-bond acceptors (Lipinski definition) is 3. The smallest absolute Gasteiger partial charge is 0.361 e. The van der Waals surface area contributed by atoms with Gasteiger partial charge >= 0.3 is 6.18 Å². The average molecular weight is 407 g/mol. The normalized spacial score (nSPS) is 16.6. The highest BCUT2D eigenvalue weighted by molar-refractivity contribution is 6.30. The molecule has 1 aliphatic heterocycles. The number of rotatable bonds is 3. The number of H-pyrrole nitrogens is 1. The average Bonchev–Trinajstić information content (AvgIpc) is 3.13. The summed E-state index contributed by atoms with van der Waals surface area (Å²) in [6.45, 7) is -1.39. The first-order valence-corrected chi connectivity index (χ1v) is 8.74. The molecule has 28 heavy (non-hydrogen) atoms. The molecule has 0 unspecified atom stereocenters. The Morgan fingerprint density at radius 3 is 2.54 bits per heavy atom. The van der Waals surface area contributed by atoms with Crippen LogP contribution in [0, 0.1) is 0 Å². The maximum absolute atomic E-state index is 13.2. The molecule has 0 saturated carbocycles. The molecule has 5 nitrogen and oxygen atoms in total. The van der Waals surface area contributed by atoms with Gasteiger partial charge in [-0.1, -0.05) is 35.9 Å². The molecule has 144 valence electrons. The van der Waals surface area contributed by atoms with Crippen molar-refractivity contribution in [3.05, 3.63) is 70.9 Å². The zero-order valence-corrected chi connectivity index (χ0v) is 15.1. The number of benzene rings is 2. The van der Waals surface area contributed by atoms with Crippen molar-refractivity contribution >= 4 is 23.2 Å². The Hall–Kier alpha value is -3.00. The minimum absolute atomic E-state index is 0.194. The molecule has 2 N–H and O–H groups in total. The van der Waals surface area contributed by atoms with Gasteiger partial charge in [-0.3, -0.25) is 9.89 Å². The minimum Gasteiger partial charge on any atom is -0.361 e. The lowest BCUT2D eigenvalue weighted by atomic mass is 10.0. The fourth-order valence-corrected chi connectivity index (χ4v) is 3.37. The van der Waals surface area contributed by atoms with Gasteiger partial charge in [-0.25, -0.2) is 0 Å². The van der Waals surface area contributed by atoms with E-state index < -0.39 is 24.8 Å². The van der Waals surface area contributed by atoms with Crippen LogP contribution in [0.25, 0.3) is 11.3 Å². The lowest BCUT2D eigenvalue weighted by Gasteiger charge is -2.38. The minimum atomic E-state index is -4.55. The van der Waals surface area contributed by atoms with Crippen LogP contribution in [0.15, 0.2) is 54.7 Å². The van der Waals surface area contributed by atoms with E-state index in [1.54, 1.807) is 42.5 Å². The number of hydrogen-bond donors (Lipinski definition) is 2. The van der Waals surface area contributed by atoms with Gasteiger partial charge in [0, 0.05) is 21.8 Å². The molecule has 4 rings (SSSR count). The summed E-state index contributed by atoms with van der Waals surface area (Å²) in [5.74, 6) is -0.695. The fourth-order valence-electron chi connectivity index (χ4n) is 3.25. The van der Waals surface area contributed by atoms with E-state index in [1.807, 2.05) is 0 Å². The number of nitrogens with one attached hydrogen (secondary N) is 2. The number of anilines is 1. The van der Waals surface area contributed by atoms with E-state index in [4.69, 9.17) is 11.6 Å². The number of carbonyl (C=O) groups excluding carboxylic acids is 1. The quantitative estimate of drug-likeness (QED) is 0.653. The summed E-state index contributed by atoms with van der Waals surface area (Å²) in [5, 5.41) is 10.4. The lowest BCUT2D eigenvalue weighted by molar-refractivity contribution is -0.144. The molecule has 0 fully saturated rings. The highest BCUT2D eigenvalue weighted by Crippen LogP contribution is 2.38.